The molecule has 3 rings (SSSR count). The van der Waals surface area contributed by atoms with Gasteiger partial charge in [-0.1, -0.05) is 6.92 Å². The van der Waals surface area contributed by atoms with Gasteiger partial charge in [-0.3, -0.25) is 0 Å². The van der Waals surface area contributed by atoms with Crippen LogP contribution in [0.1, 0.15) is 31.7 Å². The first-order valence-electron chi connectivity index (χ1n) is 6.51. The zero-order valence-corrected chi connectivity index (χ0v) is 11.1. The number of benzene rings is 1. The molecule has 1 aliphatic rings. The number of likely N-dealkylation sites (tertiary alicyclic amines) is 1. The average Bonchev–Trinajstić information content (AvgIpc) is 3.03. The van der Waals surface area contributed by atoms with Crippen molar-refractivity contribution in [2.75, 3.05) is 13.6 Å². The van der Waals surface area contributed by atoms with Crippen molar-refractivity contribution in [3.63, 3.8) is 0 Å². The molecular weight excluding hydrogens is 255 g/mol. The number of hydrogen-bond donors (Lipinski definition) is 0. The lowest BCUT2D eigenvalue weighted by molar-refractivity contribution is -0.136. The molecule has 0 aliphatic carbocycles. The monoisotopic (exact) mass is 273 g/mol. The molecule has 1 fully saturated rings. The third kappa shape index (κ3) is 3.21. The molecule has 2 aromatic heterocycles. The van der Waals surface area contributed by atoms with Gasteiger partial charge in [-0.2, -0.15) is 13.2 Å². The van der Waals surface area contributed by atoms with Crippen molar-refractivity contribution in [2.24, 2.45) is 0 Å². The predicted molar refractivity (Wildman–Crippen MR) is 68.3 cm³/mol. The maximum Gasteiger partial charge on any atom is 0.420 e. The van der Waals surface area contributed by atoms with E-state index in [1.54, 1.807) is 0 Å². The fourth-order valence-corrected chi connectivity index (χ4v) is 2.51. The summed E-state index contributed by atoms with van der Waals surface area (Å²) in [6, 6.07) is 4.72. The van der Waals surface area contributed by atoms with Crippen LogP contribution in [-0.4, -0.2) is 24.5 Å². The van der Waals surface area contributed by atoms with Gasteiger partial charge >= 0.3 is 6.18 Å². The van der Waals surface area contributed by atoms with Crippen LogP contribution in [0.2, 0.25) is 0 Å². The van der Waals surface area contributed by atoms with E-state index >= 15 is 0 Å². The van der Waals surface area contributed by atoms with E-state index in [9.17, 15) is 13.2 Å². The van der Waals surface area contributed by atoms with Crippen LogP contribution in [0.25, 0.3) is 11.2 Å². The van der Waals surface area contributed by atoms with Crippen molar-refractivity contribution in [3.05, 3.63) is 23.8 Å². The quantitative estimate of drug-likeness (QED) is 0.766. The summed E-state index contributed by atoms with van der Waals surface area (Å²) >= 11 is 0. The summed E-state index contributed by atoms with van der Waals surface area (Å²) in [5, 5.41) is 0. The second kappa shape index (κ2) is 5.41. The number of rotatable bonds is 1. The van der Waals surface area contributed by atoms with Gasteiger partial charge in [-0.05, 0) is 51.1 Å². The van der Waals surface area contributed by atoms with Crippen molar-refractivity contribution < 1.29 is 17.6 Å². The first-order chi connectivity index (χ1) is 8.91. The van der Waals surface area contributed by atoms with Crippen LogP contribution in [0.4, 0.5) is 13.2 Å². The van der Waals surface area contributed by atoms with Crippen molar-refractivity contribution in [3.8, 4) is 0 Å². The molecule has 19 heavy (non-hydrogen) atoms. The Morgan fingerprint density at radius 1 is 1.37 bits per heavy atom. The SMILES string of the molecule is CCC1CCCN1C.FC(F)(F)c1cc2ccc1o2. The maximum absolute atomic E-state index is 12.0. The summed E-state index contributed by atoms with van der Waals surface area (Å²) in [4.78, 5) is 2.46. The zero-order chi connectivity index (χ0) is 14.0. The van der Waals surface area contributed by atoms with Crippen molar-refractivity contribution in [1.82, 2.24) is 4.90 Å². The highest BCUT2D eigenvalue weighted by Crippen LogP contribution is 2.36. The van der Waals surface area contributed by atoms with E-state index in [2.05, 4.69) is 18.9 Å². The molecule has 2 aromatic rings. The molecular formula is C14H18F3NO. The Morgan fingerprint density at radius 3 is 2.37 bits per heavy atom. The van der Waals surface area contributed by atoms with Gasteiger partial charge in [-0.25, -0.2) is 0 Å². The second-order valence-electron chi connectivity index (χ2n) is 4.94. The summed E-state index contributed by atoms with van der Waals surface area (Å²) in [6.07, 6.45) is -0.125. The lowest BCUT2D eigenvalue weighted by atomic mass is 10.2. The van der Waals surface area contributed by atoms with Gasteiger partial charge in [0, 0.05) is 6.04 Å². The van der Waals surface area contributed by atoms with Crippen LogP contribution >= 0.6 is 0 Å². The highest BCUT2D eigenvalue weighted by atomic mass is 19.4. The summed E-state index contributed by atoms with van der Waals surface area (Å²) in [5.41, 5.74) is -0.505. The van der Waals surface area contributed by atoms with Crippen molar-refractivity contribution in [2.45, 2.75) is 38.4 Å². The predicted octanol–water partition coefficient (Wildman–Crippen LogP) is 4.38. The van der Waals surface area contributed by atoms with E-state index in [0.717, 1.165) is 12.1 Å². The molecule has 2 nitrogen and oxygen atoms in total. The minimum absolute atomic E-state index is 0.0903. The molecule has 1 atom stereocenters. The van der Waals surface area contributed by atoms with Gasteiger partial charge in [0.05, 0.1) is 0 Å². The van der Waals surface area contributed by atoms with Gasteiger partial charge in [-0.15, -0.1) is 0 Å². The van der Waals surface area contributed by atoms with E-state index < -0.39 is 11.7 Å². The molecule has 1 unspecified atom stereocenters. The highest BCUT2D eigenvalue weighted by Gasteiger charge is 2.34. The van der Waals surface area contributed by atoms with Gasteiger partial charge in [0.15, 0.2) is 0 Å². The summed E-state index contributed by atoms with van der Waals surface area (Å²) in [6.45, 7) is 3.59. The molecule has 1 saturated heterocycles. The molecule has 3 heterocycles. The second-order valence-corrected chi connectivity index (χ2v) is 4.94. The van der Waals surface area contributed by atoms with Crippen LogP contribution < -0.4 is 0 Å². The number of nitrogens with zero attached hydrogens (tertiary/aromatic N) is 1. The molecule has 2 bridgehead atoms. The van der Waals surface area contributed by atoms with Crippen molar-refractivity contribution >= 4 is 11.2 Å². The van der Waals surface area contributed by atoms with Gasteiger partial charge < -0.3 is 9.32 Å². The number of halogens is 3. The summed E-state index contributed by atoms with van der Waals surface area (Å²) in [5.74, 6) is 0. The first-order valence-corrected chi connectivity index (χ1v) is 6.51. The van der Waals surface area contributed by atoms with Gasteiger partial charge in [0.2, 0.25) is 0 Å². The fraction of sp³-hybridized carbons (Fsp3) is 0.571. The molecule has 0 amide bonds. The van der Waals surface area contributed by atoms with E-state index in [-0.39, 0.29) is 11.2 Å². The Hall–Kier alpha value is -1.23. The molecule has 0 spiro atoms. The van der Waals surface area contributed by atoms with E-state index in [0.29, 0.717) is 0 Å². The Labute approximate surface area is 110 Å². The molecule has 5 heteroatoms. The number of alkyl halides is 3. The van der Waals surface area contributed by atoms with E-state index in [1.165, 1.54) is 37.9 Å². The Morgan fingerprint density at radius 2 is 2.11 bits per heavy atom. The molecule has 1 aliphatic heterocycles. The topological polar surface area (TPSA) is 16.4 Å². The smallest absolute Gasteiger partial charge is 0.420 e. The van der Waals surface area contributed by atoms with Gasteiger partial charge in [0.25, 0.3) is 0 Å². The van der Waals surface area contributed by atoms with Crippen LogP contribution in [0.15, 0.2) is 22.6 Å². The third-order valence-electron chi connectivity index (χ3n) is 3.63. The summed E-state index contributed by atoms with van der Waals surface area (Å²) < 4.78 is 40.7. The third-order valence-corrected chi connectivity index (χ3v) is 3.63. The van der Waals surface area contributed by atoms with E-state index in [1.807, 2.05) is 0 Å². The number of hydrogen-bond acceptors (Lipinski definition) is 2. The minimum atomic E-state index is -4.29. The Bertz CT molecular complexity index is 505. The molecule has 106 valence electrons. The Kier molecular flexibility index (Phi) is 4.04. The van der Waals surface area contributed by atoms with Crippen molar-refractivity contribution in [1.29, 1.82) is 0 Å². The lowest BCUT2D eigenvalue weighted by Gasteiger charge is -2.16. The number of furan rings is 2. The zero-order valence-electron chi connectivity index (χ0n) is 11.1. The fourth-order valence-electron chi connectivity index (χ4n) is 2.51. The highest BCUT2D eigenvalue weighted by molar-refractivity contribution is 5.66. The van der Waals surface area contributed by atoms with Crippen LogP contribution in [-0.2, 0) is 6.18 Å². The van der Waals surface area contributed by atoms with E-state index in [4.69, 9.17) is 4.42 Å². The van der Waals surface area contributed by atoms with Crippen LogP contribution in [0, 0.1) is 0 Å². The normalized spacial score (nSPS) is 20.8. The maximum atomic E-state index is 12.0. The van der Waals surface area contributed by atoms with Crippen LogP contribution in [0.5, 0.6) is 0 Å². The summed E-state index contributed by atoms with van der Waals surface area (Å²) in [7, 11) is 2.22. The molecule has 0 saturated carbocycles. The van der Waals surface area contributed by atoms with Crippen LogP contribution in [0.3, 0.4) is 0 Å². The lowest BCUT2D eigenvalue weighted by Crippen LogP contribution is -2.23. The number of fused-ring (bicyclic) bond motifs is 2. The first kappa shape index (κ1) is 14.2. The Balaban J connectivity index is 0.000000148. The minimum Gasteiger partial charge on any atom is -0.457 e. The molecule has 0 radical (unpaired) electrons. The molecule has 0 N–H and O–H groups in total. The average molecular weight is 273 g/mol. The standard InChI is InChI=1S/C7H3F3O.C7H15N/c8-7(9,10)5-3-4-1-2-6(5)11-4;1-3-7-5-4-6-8(7)2/h1-3H;7H,3-6H2,1-2H3. The molecule has 0 aromatic carbocycles. The largest absolute Gasteiger partial charge is 0.457 e. The van der Waals surface area contributed by atoms with Gasteiger partial charge in [0.1, 0.15) is 16.7 Å².